The summed E-state index contributed by atoms with van der Waals surface area (Å²) in [5, 5.41) is 0. The number of halogens is 1. The maximum Gasteiger partial charge on any atom is 0.337 e. The first-order chi connectivity index (χ1) is 12.7. The van der Waals surface area contributed by atoms with Crippen LogP contribution in [0.5, 0.6) is 5.75 Å². The van der Waals surface area contributed by atoms with Crippen LogP contribution < -0.4 is 15.0 Å². The quantitative estimate of drug-likeness (QED) is 0.541. The molecule has 8 nitrogen and oxygen atoms in total. The molecule has 144 valence electrons. The van der Waals surface area contributed by atoms with Crippen LogP contribution in [0.3, 0.4) is 0 Å². The predicted molar refractivity (Wildman–Crippen MR) is 92.7 cm³/mol. The van der Waals surface area contributed by atoms with Crippen LogP contribution in [0.4, 0.5) is 4.39 Å². The van der Waals surface area contributed by atoms with Crippen LogP contribution in [-0.2, 0) is 19.6 Å². The number of amides is 1. The third-order valence-corrected chi connectivity index (χ3v) is 4.67. The molecule has 0 saturated heterocycles. The van der Waals surface area contributed by atoms with Crippen LogP contribution in [0, 0.1) is 5.82 Å². The van der Waals surface area contributed by atoms with Crippen molar-refractivity contribution >= 4 is 21.9 Å². The summed E-state index contributed by atoms with van der Waals surface area (Å²) in [6, 6.07) is 10.4. The average Bonchev–Trinajstić information content (AvgIpc) is 2.67. The highest BCUT2D eigenvalue weighted by Gasteiger charge is 2.20. The normalized spacial score (nSPS) is 12.1. The molecule has 0 heterocycles. The summed E-state index contributed by atoms with van der Waals surface area (Å²) in [6.45, 7) is 1.33. The maximum absolute atomic E-state index is 13.5. The van der Waals surface area contributed by atoms with E-state index < -0.39 is 33.8 Å². The average molecular weight is 396 g/mol. The number of hydrogen-bond acceptors (Lipinski definition) is 6. The Morgan fingerprint density at radius 3 is 2.30 bits per heavy atom. The van der Waals surface area contributed by atoms with E-state index >= 15 is 0 Å². The topological polar surface area (TPSA) is 111 Å². The minimum atomic E-state index is -4.08. The number of nitrogens with one attached hydrogen (secondary N) is 2. The van der Waals surface area contributed by atoms with Gasteiger partial charge in [-0.05, 0) is 43.3 Å². The molecule has 0 aliphatic carbocycles. The smallest absolute Gasteiger partial charge is 0.337 e. The highest BCUT2D eigenvalue weighted by atomic mass is 32.2. The van der Waals surface area contributed by atoms with E-state index in [0.29, 0.717) is 0 Å². The lowest BCUT2D eigenvalue weighted by atomic mass is 10.2. The van der Waals surface area contributed by atoms with Crippen molar-refractivity contribution in [1.29, 1.82) is 0 Å². The third-order valence-electron chi connectivity index (χ3n) is 3.40. The molecule has 2 N–H and O–H groups in total. The van der Waals surface area contributed by atoms with Gasteiger partial charge in [0, 0.05) is 0 Å². The number of rotatable bonds is 7. The second-order valence-corrected chi connectivity index (χ2v) is 6.98. The van der Waals surface area contributed by atoms with Crippen molar-refractivity contribution in [1.82, 2.24) is 10.3 Å². The van der Waals surface area contributed by atoms with Gasteiger partial charge in [0.1, 0.15) is 0 Å². The number of carbonyl (C=O) groups is 2. The van der Waals surface area contributed by atoms with Crippen LogP contribution >= 0.6 is 0 Å². The Labute approximate surface area is 155 Å². The zero-order valence-electron chi connectivity index (χ0n) is 14.4. The lowest BCUT2D eigenvalue weighted by molar-refractivity contribution is -0.127. The van der Waals surface area contributed by atoms with Gasteiger partial charge in [0.15, 0.2) is 17.7 Å². The van der Waals surface area contributed by atoms with Gasteiger partial charge in [0.25, 0.3) is 15.9 Å². The molecule has 0 unspecified atom stereocenters. The summed E-state index contributed by atoms with van der Waals surface area (Å²) in [5.41, 5.74) is 2.17. The largest absolute Gasteiger partial charge is 0.478 e. The van der Waals surface area contributed by atoms with E-state index in [2.05, 4.69) is 4.74 Å². The van der Waals surface area contributed by atoms with Gasteiger partial charge in [-0.15, -0.1) is 4.83 Å². The Morgan fingerprint density at radius 2 is 1.70 bits per heavy atom. The zero-order valence-corrected chi connectivity index (χ0v) is 15.2. The molecule has 2 aromatic carbocycles. The van der Waals surface area contributed by atoms with Crippen LogP contribution in [0.25, 0.3) is 0 Å². The number of hydrazine groups is 1. The van der Waals surface area contributed by atoms with Gasteiger partial charge in [-0.2, -0.15) is 0 Å². The van der Waals surface area contributed by atoms with Gasteiger partial charge in [-0.25, -0.2) is 17.6 Å². The fourth-order valence-electron chi connectivity index (χ4n) is 1.95. The van der Waals surface area contributed by atoms with E-state index in [1.807, 2.05) is 10.3 Å². The van der Waals surface area contributed by atoms with Gasteiger partial charge in [0.2, 0.25) is 0 Å². The molecule has 0 spiro atoms. The Bertz CT molecular complexity index is 931. The Balaban J connectivity index is 1.98. The Kier molecular flexibility index (Phi) is 6.48. The molecule has 0 aliphatic rings. The van der Waals surface area contributed by atoms with E-state index in [0.717, 1.165) is 0 Å². The number of esters is 1. The summed E-state index contributed by atoms with van der Waals surface area (Å²) in [7, 11) is -2.88. The predicted octanol–water partition coefficient (Wildman–Crippen LogP) is 1.39. The molecule has 0 aromatic heterocycles. The standard InChI is InChI=1S/C17H17FN2O6S/c1-11(26-15-6-4-3-5-14(15)18)16(21)19-20-27(23,24)13-9-7-12(8-10-13)17(22)25-2/h3-11,20H,1-2H3,(H,19,21)/t11-/m1/s1. The van der Waals surface area contributed by atoms with E-state index in [1.165, 1.54) is 62.6 Å². The number of ether oxygens (including phenoxy) is 2. The summed E-state index contributed by atoms with van der Waals surface area (Å²) >= 11 is 0. The minimum absolute atomic E-state index is 0.138. The van der Waals surface area contributed by atoms with Crippen LogP contribution in [0.2, 0.25) is 0 Å². The molecule has 0 saturated carbocycles. The summed E-state index contributed by atoms with van der Waals surface area (Å²) in [5.74, 6) is -2.22. The van der Waals surface area contributed by atoms with E-state index in [-0.39, 0.29) is 16.2 Å². The SMILES string of the molecule is COC(=O)c1ccc(S(=O)(=O)NNC(=O)[C@@H](C)Oc2ccccc2F)cc1. The minimum Gasteiger partial charge on any atom is -0.478 e. The molecule has 27 heavy (non-hydrogen) atoms. The van der Waals surface area contributed by atoms with Crippen molar-refractivity contribution < 1.29 is 31.9 Å². The monoisotopic (exact) mass is 396 g/mol. The number of carbonyl (C=O) groups excluding carboxylic acids is 2. The second-order valence-electron chi connectivity index (χ2n) is 5.30. The first-order valence-corrected chi connectivity index (χ1v) is 9.14. The molecule has 1 amide bonds. The highest BCUT2D eigenvalue weighted by molar-refractivity contribution is 7.89. The van der Waals surface area contributed by atoms with Gasteiger partial charge in [-0.3, -0.25) is 10.2 Å². The number of hydrogen-bond donors (Lipinski definition) is 2. The molecule has 10 heteroatoms. The van der Waals surface area contributed by atoms with Gasteiger partial charge in [-0.1, -0.05) is 12.1 Å². The lowest BCUT2D eigenvalue weighted by Crippen LogP contribution is -2.47. The van der Waals surface area contributed by atoms with Crippen molar-refractivity contribution in [3.05, 3.63) is 59.9 Å². The summed E-state index contributed by atoms with van der Waals surface area (Å²) in [4.78, 5) is 25.0. The number of para-hydroxylation sites is 1. The number of sulfonamides is 1. The Hall–Kier alpha value is -2.98. The maximum atomic E-state index is 13.5. The fraction of sp³-hybridized carbons (Fsp3) is 0.176. The molecule has 2 aromatic rings. The van der Waals surface area contributed by atoms with Crippen LogP contribution in [0.15, 0.2) is 53.4 Å². The molecule has 1 atom stereocenters. The molecule has 0 bridgehead atoms. The van der Waals surface area contributed by atoms with Gasteiger partial charge in [0.05, 0.1) is 17.6 Å². The first kappa shape index (κ1) is 20.3. The number of methoxy groups -OCH3 is 1. The van der Waals surface area contributed by atoms with E-state index in [4.69, 9.17) is 4.74 Å². The van der Waals surface area contributed by atoms with Crippen molar-refractivity contribution in [3.8, 4) is 5.75 Å². The van der Waals surface area contributed by atoms with Crippen LogP contribution in [-0.4, -0.2) is 33.5 Å². The summed E-state index contributed by atoms with van der Waals surface area (Å²) in [6.07, 6.45) is -1.16. The molecular formula is C17H17FN2O6S. The third kappa shape index (κ3) is 5.25. The van der Waals surface area contributed by atoms with E-state index in [9.17, 15) is 22.4 Å². The van der Waals surface area contributed by atoms with Gasteiger partial charge < -0.3 is 9.47 Å². The van der Waals surface area contributed by atoms with Crippen molar-refractivity contribution in [2.75, 3.05) is 7.11 Å². The van der Waals surface area contributed by atoms with Crippen molar-refractivity contribution in [2.45, 2.75) is 17.9 Å². The first-order valence-electron chi connectivity index (χ1n) is 7.66. The molecule has 0 fully saturated rings. The fourth-order valence-corrected chi connectivity index (χ4v) is 2.80. The molecule has 2 rings (SSSR count). The number of benzene rings is 2. The molecule has 0 radical (unpaired) electrons. The van der Waals surface area contributed by atoms with Crippen LogP contribution in [0.1, 0.15) is 17.3 Å². The van der Waals surface area contributed by atoms with Gasteiger partial charge >= 0.3 is 5.97 Å². The molecule has 0 aliphatic heterocycles. The van der Waals surface area contributed by atoms with Crippen molar-refractivity contribution in [2.24, 2.45) is 0 Å². The Morgan fingerprint density at radius 1 is 1.07 bits per heavy atom. The van der Waals surface area contributed by atoms with Crippen molar-refractivity contribution in [3.63, 3.8) is 0 Å². The highest BCUT2D eigenvalue weighted by Crippen LogP contribution is 2.17. The lowest BCUT2D eigenvalue weighted by Gasteiger charge is -2.15. The van der Waals surface area contributed by atoms with E-state index in [1.54, 1.807) is 0 Å². The summed E-state index contributed by atoms with van der Waals surface area (Å²) < 4.78 is 47.6. The second kappa shape index (κ2) is 8.60. The molecular weight excluding hydrogens is 379 g/mol. The zero-order chi connectivity index (χ0) is 20.0.